The van der Waals surface area contributed by atoms with Crippen molar-refractivity contribution in [2.24, 2.45) is 5.10 Å². The lowest BCUT2D eigenvalue weighted by Gasteiger charge is -2.32. The Morgan fingerprint density at radius 3 is 2.48 bits per heavy atom. The lowest BCUT2D eigenvalue weighted by molar-refractivity contribution is -0.297. The Bertz CT molecular complexity index is 646. The maximum Gasteiger partial charge on any atom is 0.438 e. The lowest BCUT2D eigenvalue weighted by Crippen LogP contribution is -2.56. The van der Waals surface area contributed by atoms with Crippen LogP contribution in [0.4, 0.5) is 13.2 Å². The van der Waals surface area contributed by atoms with Crippen molar-refractivity contribution in [3.63, 3.8) is 0 Å². The summed E-state index contributed by atoms with van der Waals surface area (Å²) in [4.78, 5) is 12.5. The van der Waals surface area contributed by atoms with E-state index in [4.69, 9.17) is 0 Å². The van der Waals surface area contributed by atoms with Crippen molar-refractivity contribution in [1.29, 1.82) is 0 Å². The van der Waals surface area contributed by atoms with Gasteiger partial charge >= 0.3 is 6.18 Å². The molecule has 0 saturated carbocycles. The molecule has 8 heteroatoms. The van der Waals surface area contributed by atoms with E-state index in [0.29, 0.717) is 17.3 Å². The molecule has 0 bridgehead atoms. The molecule has 1 aromatic carbocycles. The molecule has 4 nitrogen and oxygen atoms in total. The second-order valence-corrected chi connectivity index (χ2v) is 7.01. The van der Waals surface area contributed by atoms with Crippen LogP contribution in [0.2, 0.25) is 0 Å². The fourth-order valence-corrected chi connectivity index (χ4v) is 2.93. The van der Waals surface area contributed by atoms with Gasteiger partial charge in [-0.1, -0.05) is 42.1 Å². The average molecular weight is 421 g/mol. The molecule has 1 aromatic rings. The summed E-state index contributed by atoms with van der Waals surface area (Å²) < 4.78 is 41.0. The van der Waals surface area contributed by atoms with Gasteiger partial charge in [-0.15, -0.1) is 0 Å². The van der Waals surface area contributed by atoms with E-state index < -0.39 is 24.2 Å². The van der Waals surface area contributed by atoms with Crippen LogP contribution < -0.4 is 0 Å². The standard InChI is InChI=1S/C17H20BrF3N2O2/c1-2-3-4-5-6-14-11-16(25,17(19,20)21)23(22-14)15(24)12-7-9-13(18)10-8-12/h7-10,25H,2-6,11H2,1H3/t16-/m0/s1. The maximum absolute atomic E-state index is 13.4. The molecule has 0 fully saturated rings. The van der Waals surface area contributed by atoms with E-state index in [0.717, 1.165) is 19.3 Å². The zero-order valence-corrected chi connectivity index (χ0v) is 15.4. The predicted molar refractivity (Wildman–Crippen MR) is 92.1 cm³/mol. The van der Waals surface area contributed by atoms with Crippen LogP contribution in [-0.4, -0.2) is 33.6 Å². The molecule has 2 rings (SSSR count). The van der Waals surface area contributed by atoms with Gasteiger partial charge in [-0.2, -0.15) is 23.3 Å². The molecule has 0 saturated heterocycles. The molecule has 0 unspecified atom stereocenters. The number of unbranched alkanes of at least 4 members (excludes halogenated alkanes) is 3. The minimum Gasteiger partial charge on any atom is -0.362 e. The largest absolute Gasteiger partial charge is 0.438 e. The number of benzene rings is 1. The summed E-state index contributed by atoms with van der Waals surface area (Å²) in [5.41, 5.74) is -3.07. The number of alkyl halides is 3. The molecule has 1 amide bonds. The molecule has 25 heavy (non-hydrogen) atoms. The zero-order valence-electron chi connectivity index (χ0n) is 13.8. The van der Waals surface area contributed by atoms with E-state index in [1.165, 1.54) is 12.1 Å². The molecule has 1 heterocycles. The Balaban J connectivity index is 2.24. The molecule has 1 aliphatic rings. The predicted octanol–water partition coefficient (Wildman–Crippen LogP) is 4.87. The highest BCUT2D eigenvalue weighted by atomic mass is 79.9. The Labute approximate surface area is 152 Å². The van der Waals surface area contributed by atoms with Crippen LogP contribution in [0, 0.1) is 0 Å². The van der Waals surface area contributed by atoms with Gasteiger partial charge in [-0.25, -0.2) is 0 Å². The topological polar surface area (TPSA) is 52.9 Å². The van der Waals surface area contributed by atoms with Crippen molar-refractivity contribution >= 4 is 27.5 Å². The van der Waals surface area contributed by atoms with Crippen LogP contribution in [0.25, 0.3) is 0 Å². The second-order valence-electron chi connectivity index (χ2n) is 6.09. The molecule has 1 aliphatic heterocycles. The minimum atomic E-state index is -4.99. The van der Waals surface area contributed by atoms with Gasteiger partial charge in [-0.05, 0) is 37.1 Å². The SMILES string of the molecule is CCCCCCC1=NN(C(=O)c2ccc(Br)cc2)[C@@](O)(C(F)(F)F)C1. The van der Waals surface area contributed by atoms with E-state index in [-0.39, 0.29) is 16.3 Å². The zero-order chi connectivity index (χ0) is 18.7. The van der Waals surface area contributed by atoms with Crippen LogP contribution in [0.5, 0.6) is 0 Å². The molecular weight excluding hydrogens is 401 g/mol. The van der Waals surface area contributed by atoms with E-state index in [1.54, 1.807) is 12.1 Å². The summed E-state index contributed by atoms with van der Waals surface area (Å²) in [6.07, 6.45) is -1.81. The summed E-state index contributed by atoms with van der Waals surface area (Å²) in [6.45, 7) is 2.04. The molecule has 0 aliphatic carbocycles. The van der Waals surface area contributed by atoms with Crippen LogP contribution in [-0.2, 0) is 0 Å². The van der Waals surface area contributed by atoms with E-state index >= 15 is 0 Å². The van der Waals surface area contributed by atoms with Crippen molar-refractivity contribution in [1.82, 2.24) is 5.01 Å². The first-order valence-corrected chi connectivity index (χ1v) is 8.94. The smallest absolute Gasteiger partial charge is 0.362 e. The molecule has 0 aromatic heterocycles. The average Bonchev–Trinajstić information content (AvgIpc) is 2.89. The number of hydrazone groups is 1. The number of halogens is 4. The van der Waals surface area contributed by atoms with Gasteiger partial charge in [0.15, 0.2) is 0 Å². The number of hydrogen-bond acceptors (Lipinski definition) is 3. The number of nitrogens with zero attached hydrogens (tertiary/aromatic N) is 2. The van der Waals surface area contributed by atoms with E-state index in [1.807, 2.05) is 6.92 Å². The number of aliphatic hydroxyl groups is 1. The van der Waals surface area contributed by atoms with Crippen molar-refractivity contribution in [2.75, 3.05) is 0 Å². The monoisotopic (exact) mass is 420 g/mol. The van der Waals surface area contributed by atoms with Gasteiger partial charge in [0.05, 0.1) is 0 Å². The Morgan fingerprint density at radius 1 is 1.28 bits per heavy atom. The van der Waals surface area contributed by atoms with Gasteiger partial charge in [-0.3, -0.25) is 4.79 Å². The number of rotatable bonds is 6. The Morgan fingerprint density at radius 2 is 1.92 bits per heavy atom. The third kappa shape index (κ3) is 4.41. The highest BCUT2D eigenvalue weighted by molar-refractivity contribution is 9.10. The Kier molecular flexibility index (Phi) is 6.26. The third-order valence-electron chi connectivity index (χ3n) is 4.10. The summed E-state index contributed by atoms with van der Waals surface area (Å²) in [5.74, 6) is -0.976. The van der Waals surface area contributed by atoms with Gasteiger partial charge in [0, 0.05) is 22.2 Å². The van der Waals surface area contributed by atoms with Crippen LogP contribution >= 0.6 is 15.9 Å². The van der Waals surface area contributed by atoms with E-state index in [2.05, 4.69) is 21.0 Å². The summed E-state index contributed by atoms with van der Waals surface area (Å²) in [6, 6.07) is 5.87. The molecular formula is C17H20BrF3N2O2. The normalized spacial score (nSPS) is 20.7. The first-order chi connectivity index (χ1) is 11.7. The third-order valence-corrected chi connectivity index (χ3v) is 4.63. The maximum atomic E-state index is 13.4. The van der Waals surface area contributed by atoms with Crippen molar-refractivity contribution in [2.45, 2.75) is 57.3 Å². The fourth-order valence-electron chi connectivity index (χ4n) is 2.66. The molecule has 0 spiro atoms. The highest BCUT2D eigenvalue weighted by Gasteiger charge is 2.63. The summed E-state index contributed by atoms with van der Waals surface area (Å²) in [7, 11) is 0. The van der Waals surface area contributed by atoms with Gasteiger partial charge in [0.25, 0.3) is 11.6 Å². The number of hydrogen-bond donors (Lipinski definition) is 1. The van der Waals surface area contributed by atoms with Crippen LogP contribution in [0.3, 0.4) is 0 Å². The molecule has 0 radical (unpaired) electrons. The van der Waals surface area contributed by atoms with Crippen molar-refractivity contribution in [3.8, 4) is 0 Å². The van der Waals surface area contributed by atoms with Gasteiger partial charge in [0.1, 0.15) is 0 Å². The summed E-state index contributed by atoms with van der Waals surface area (Å²) in [5, 5.41) is 14.2. The van der Waals surface area contributed by atoms with Crippen LogP contribution in [0.15, 0.2) is 33.8 Å². The number of amides is 1. The lowest BCUT2D eigenvalue weighted by atomic mass is 10.0. The number of carbonyl (C=O) groups is 1. The summed E-state index contributed by atoms with van der Waals surface area (Å²) >= 11 is 3.20. The molecule has 1 N–H and O–H groups in total. The fraction of sp³-hybridized carbons (Fsp3) is 0.529. The molecule has 1 atom stereocenters. The first kappa shape index (κ1) is 19.9. The van der Waals surface area contributed by atoms with Crippen LogP contribution in [0.1, 0.15) is 55.8 Å². The minimum absolute atomic E-state index is 0.0295. The Hall–Kier alpha value is -1.41. The highest BCUT2D eigenvalue weighted by Crippen LogP contribution is 2.41. The van der Waals surface area contributed by atoms with Crippen molar-refractivity contribution < 1.29 is 23.1 Å². The molecule has 138 valence electrons. The quantitative estimate of drug-likeness (QED) is 0.667. The van der Waals surface area contributed by atoms with Crippen molar-refractivity contribution in [3.05, 3.63) is 34.3 Å². The second kappa shape index (κ2) is 7.86. The van der Waals surface area contributed by atoms with Gasteiger partial charge in [0.2, 0.25) is 0 Å². The number of carbonyl (C=O) groups excluding carboxylic acids is 1. The van der Waals surface area contributed by atoms with E-state index in [9.17, 15) is 23.1 Å². The first-order valence-electron chi connectivity index (χ1n) is 8.14. The van der Waals surface area contributed by atoms with Gasteiger partial charge < -0.3 is 5.11 Å².